The molecule has 0 amide bonds. The normalized spacial score (nSPS) is 12.6. The molecular formula is C24H23BrN4O3. The maximum Gasteiger partial charge on any atom is 0.325 e. The van der Waals surface area contributed by atoms with Crippen molar-refractivity contribution < 1.29 is 9.53 Å². The van der Waals surface area contributed by atoms with Crippen LogP contribution >= 0.6 is 15.9 Å². The minimum absolute atomic E-state index is 0.0496. The molecule has 0 unspecified atom stereocenters. The zero-order valence-corrected chi connectivity index (χ0v) is 19.7. The zero-order chi connectivity index (χ0) is 22.8. The number of rotatable bonds is 6. The monoisotopic (exact) mass is 494 g/mol. The topological polar surface area (TPSA) is 78.5 Å². The van der Waals surface area contributed by atoms with E-state index in [-0.39, 0.29) is 24.0 Å². The molecule has 1 atom stereocenters. The number of para-hydroxylation sites is 1. The van der Waals surface area contributed by atoms with Gasteiger partial charge >= 0.3 is 5.97 Å². The van der Waals surface area contributed by atoms with Gasteiger partial charge in [0.2, 0.25) is 0 Å². The third-order valence-electron chi connectivity index (χ3n) is 5.55. The van der Waals surface area contributed by atoms with E-state index in [9.17, 15) is 9.59 Å². The maximum absolute atomic E-state index is 13.3. The van der Waals surface area contributed by atoms with Crippen LogP contribution in [-0.2, 0) is 16.1 Å². The van der Waals surface area contributed by atoms with Crippen molar-refractivity contribution in [3.05, 3.63) is 74.9 Å². The van der Waals surface area contributed by atoms with Gasteiger partial charge in [-0.15, -0.1) is 0 Å². The zero-order valence-electron chi connectivity index (χ0n) is 18.1. The highest BCUT2D eigenvalue weighted by Gasteiger charge is 2.16. The third-order valence-corrected chi connectivity index (χ3v) is 6.04. The molecule has 0 fully saturated rings. The van der Waals surface area contributed by atoms with E-state index < -0.39 is 0 Å². The summed E-state index contributed by atoms with van der Waals surface area (Å²) in [6, 6.07) is 13.2. The summed E-state index contributed by atoms with van der Waals surface area (Å²) >= 11 is 3.43. The number of ether oxygens (including phenoxy) is 1. The van der Waals surface area contributed by atoms with E-state index in [0.29, 0.717) is 16.7 Å². The molecule has 32 heavy (non-hydrogen) atoms. The van der Waals surface area contributed by atoms with Crippen molar-refractivity contribution in [2.45, 2.75) is 32.7 Å². The molecule has 0 bridgehead atoms. The van der Waals surface area contributed by atoms with Gasteiger partial charge in [0.05, 0.1) is 24.2 Å². The van der Waals surface area contributed by atoms with Crippen LogP contribution in [0, 0.1) is 0 Å². The van der Waals surface area contributed by atoms with Crippen LogP contribution in [0.15, 0.2) is 63.0 Å². The number of fused-ring (bicyclic) bond motifs is 2. The van der Waals surface area contributed by atoms with Crippen LogP contribution in [0.25, 0.3) is 21.8 Å². The van der Waals surface area contributed by atoms with E-state index in [1.807, 2.05) is 54.1 Å². The summed E-state index contributed by atoms with van der Waals surface area (Å²) in [7, 11) is 1.37. The molecule has 4 rings (SSSR count). The first kappa shape index (κ1) is 22.0. The van der Waals surface area contributed by atoms with Crippen molar-refractivity contribution in [3.8, 4) is 0 Å². The number of esters is 1. The highest BCUT2D eigenvalue weighted by atomic mass is 79.9. The Labute approximate surface area is 193 Å². The lowest BCUT2D eigenvalue weighted by Gasteiger charge is -2.13. The second-order valence-electron chi connectivity index (χ2n) is 7.61. The van der Waals surface area contributed by atoms with Crippen molar-refractivity contribution in [2.24, 2.45) is 5.10 Å². The largest absolute Gasteiger partial charge is 0.468 e. The lowest BCUT2D eigenvalue weighted by atomic mass is 10.1. The minimum atomic E-state index is -0.339. The van der Waals surface area contributed by atoms with E-state index in [4.69, 9.17) is 9.72 Å². The molecular weight excluding hydrogens is 472 g/mol. The number of halogens is 1. The number of hydrogen-bond donors (Lipinski definition) is 0. The predicted molar refractivity (Wildman–Crippen MR) is 129 cm³/mol. The van der Waals surface area contributed by atoms with Crippen molar-refractivity contribution >= 4 is 49.9 Å². The van der Waals surface area contributed by atoms with Gasteiger partial charge in [-0.3, -0.25) is 9.59 Å². The lowest BCUT2D eigenvalue weighted by Crippen LogP contribution is -2.23. The van der Waals surface area contributed by atoms with Gasteiger partial charge < -0.3 is 9.30 Å². The molecule has 7 nitrogen and oxygen atoms in total. The van der Waals surface area contributed by atoms with Crippen LogP contribution in [-0.4, -0.2) is 33.5 Å². The fourth-order valence-electron chi connectivity index (χ4n) is 3.61. The molecule has 0 radical (unpaired) electrons. The molecule has 0 aliphatic carbocycles. The highest BCUT2D eigenvalue weighted by molar-refractivity contribution is 9.10. The Hall–Kier alpha value is -3.26. The molecule has 8 heteroatoms. The summed E-state index contributed by atoms with van der Waals surface area (Å²) in [4.78, 5) is 29.9. The molecule has 2 heterocycles. The average Bonchev–Trinajstić information content (AvgIpc) is 3.15. The Morgan fingerprint density at radius 1 is 1.25 bits per heavy atom. The molecule has 0 aliphatic heterocycles. The molecule has 2 aromatic heterocycles. The van der Waals surface area contributed by atoms with Gasteiger partial charge in [-0.1, -0.05) is 48.0 Å². The van der Waals surface area contributed by atoms with Crippen molar-refractivity contribution in [3.63, 3.8) is 0 Å². The standard InChI is InChI=1S/C24H23BrN4O3/c1-4-15(2)23-27-20-10-9-17(25)11-19(20)24(31)29(23)26-12-16-13-28(14-22(30)32-3)21-8-6-5-7-18(16)21/h5-13,15H,4,14H2,1-3H3/t15-/m1/s1. The number of benzene rings is 2. The first-order chi connectivity index (χ1) is 15.4. The smallest absolute Gasteiger partial charge is 0.325 e. The first-order valence-corrected chi connectivity index (χ1v) is 11.1. The van der Waals surface area contributed by atoms with Gasteiger partial charge in [-0.2, -0.15) is 9.78 Å². The van der Waals surface area contributed by atoms with Crippen LogP contribution < -0.4 is 5.56 Å². The molecule has 2 aromatic carbocycles. The van der Waals surface area contributed by atoms with Gasteiger partial charge in [0, 0.05) is 33.1 Å². The fraction of sp³-hybridized carbons (Fsp3) is 0.250. The van der Waals surface area contributed by atoms with Crippen LogP contribution in [0.4, 0.5) is 0 Å². The number of carbonyl (C=O) groups excluding carboxylic acids is 1. The van der Waals surface area contributed by atoms with Gasteiger partial charge in [0.15, 0.2) is 0 Å². The number of nitrogens with zero attached hydrogens (tertiary/aromatic N) is 4. The summed E-state index contributed by atoms with van der Waals surface area (Å²) in [6.45, 7) is 4.17. The quantitative estimate of drug-likeness (QED) is 0.288. The minimum Gasteiger partial charge on any atom is -0.468 e. The highest BCUT2D eigenvalue weighted by Crippen LogP contribution is 2.22. The Balaban J connectivity index is 1.87. The summed E-state index contributed by atoms with van der Waals surface area (Å²) in [5.41, 5.74) is 2.10. The van der Waals surface area contributed by atoms with Crippen LogP contribution in [0.3, 0.4) is 0 Å². The predicted octanol–water partition coefficient (Wildman–Crippen LogP) is 4.68. The van der Waals surface area contributed by atoms with Crippen molar-refractivity contribution in [1.82, 2.24) is 14.2 Å². The first-order valence-electron chi connectivity index (χ1n) is 10.3. The number of methoxy groups -OCH3 is 1. The molecule has 0 N–H and O–H groups in total. The number of aromatic nitrogens is 3. The second kappa shape index (κ2) is 9.08. The molecule has 0 spiro atoms. The molecule has 4 aromatic rings. The van der Waals surface area contributed by atoms with Gasteiger partial charge in [-0.25, -0.2) is 4.98 Å². The Kier molecular flexibility index (Phi) is 6.23. The van der Waals surface area contributed by atoms with E-state index >= 15 is 0 Å². The van der Waals surface area contributed by atoms with E-state index in [2.05, 4.69) is 28.0 Å². The van der Waals surface area contributed by atoms with Crippen LogP contribution in [0.2, 0.25) is 0 Å². The van der Waals surface area contributed by atoms with Crippen molar-refractivity contribution in [1.29, 1.82) is 0 Å². The summed E-state index contributed by atoms with van der Waals surface area (Å²) < 4.78 is 8.82. The number of hydrogen-bond acceptors (Lipinski definition) is 5. The van der Waals surface area contributed by atoms with Gasteiger partial charge in [-0.05, 0) is 30.7 Å². The Bertz CT molecular complexity index is 1400. The van der Waals surface area contributed by atoms with E-state index in [1.54, 1.807) is 12.3 Å². The lowest BCUT2D eigenvalue weighted by molar-refractivity contribution is -0.141. The fourth-order valence-corrected chi connectivity index (χ4v) is 3.97. The van der Waals surface area contributed by atoms with Crippen molar-refractivity contribution in [2.75, 3.05) is 7.11 Å². The molecule has 0 saturated carbocycles. The SMILES string of the molecule is CC[C@@H](C)c1nc2ccc(Br)cc2c(=O)n1N=Cc1cn(CC(=O)OC)c2ccccc12. The second-order valence-corrected chi connectivity index (χ2v) is 8.52. The van der Waals surface area contributed by atoms with E-state index in [1.165, 1.54) is 11.8 Å². The summed E-state index contributed by atoms with van der Waals surface area (Å²) in [5, 5.41) is 5.98. The Morgan fingerprint density at radius 3 is 2.78 bits per heavy atom. The van der Waals surface area contributed by atoms with Crippen LogP contribution in [0.5, 0.6) is 0 Å². The van der Waals surface area contributed by atoms with Gasteiger partial charge in [0.25, 0.3) is 5.56 Å². The van der Waals surface area contributed by atoms with Crippen LogP contribution in [0.1, 0.15) is 37.6 Å². The molecule has 164 valence electrons. The third kappa shape index (κ3) is 4.10. The average molecular weight is 495 g/mol. The Morgan fingerprint density at radius 2 is 2.03 bits per heavy atom. The van der Waals surface area contributed by atoms with E-state index in [0.717, 1.165) is 27.4 Å². The maximum atomic E-state index is 13.3. The summed E-state index contributed by atoms with van der Waals surface area (Å²) in [6.07, 6.45) is 4.31. The van der Waals surface area contributed by atoms with Gasteiger partial charge in [0.1, 0.15) is 12.4 Å². The molecule has 0 aliphatic rings. The number of carbonyl (C=O) groups is 1. The molecule has 0 saturated heterocycles. The summed E-state index contributed by atoms with van der Waals surface area (Å²) in [5.74, 6) is 0.323.